The zero-order chi connectivity index (χ0) is 51.9. The quantitative estimate of drug-likeness (QED) is 0.167. The number of phenolic OH excluding ortho intramolecular Hbond substituents is 1. The van der Waals surface area contributed by atoms with Crippen LogP contribution in [0.25, 0.3) is 72.7 Å². The first kappa shape index (κ1) is 29.0. The summed E-state index contributed by atoms with van der Waals surface area (Å²) in [6, 6.07) is 42.7. The SMILES string of the molecule is [2H]C(C)(C)c1cccc(C([2H])(C)C)c1-c1ccc(-n2c(-c3ccccc3O)nc3c(-c4cc(-c5cc(-c6ccc(C(C([2H])([2H])[2H])(C([2H])([2H])[2H])C([2H])([2H])[2H])cc6)ccn5)cc(C(C)(C)C)c4)cccc32)cc1. The predicted octanol–water partition coefficient (Wildman–Crippen LogP) is 15.3. The number of benzene rings is 6. The zero-order valence-corrected chi connectivity index (χ0v) is 35.1. The van der Waals surface area contributed by atoms with Gasteiger partial charge >= 0.3 is 0 Å². The van der Waals surface area contributed by atoms with E-state index in [0.717, 1.165) is 55.7 Å². The van der Waals surface area contributed by atoms with E-state index < -0.39 is 37.8 Å². The Balaban J connectivity index is 1.27. The van der Waals surface area contributed by atoms with Crippen molar-refractivity contribution in [2.75, 3.05) is 0 Å². The Labute approximate surface area is 372 Å². The minimum atomic E-state index is -3.37. The lowest BCUT2D eigenvalue weighted by atomic mass is 9.83. The first-order valence-electron chi connectivity index (χ1n) is 25.7. The van der Waals surface area contributed by atoms with Crippen LogP contribution in [0.15, 0.2) is 146 Å². The summed E-state index contributed by atoms with van der Waals surface area (Å²) in [6.07, 6.45) is 1.66. The summed E-state index contributed by atoms with van der Waals surface area (Å²) >= 11 is 0. The van der Waals surface area contributed by atoms with Crippen LogP contribution in [0.2, 0.25) is 0 Å². The average molecular weight is 799 g/mol. The highest BCUT2D eigenvalue weighted by molar-refractivity contribution is 5.97. The summed E-state index contributed by atoms with van der Waals surface area (Å²) in [5, 5.41) is 11.3. The number of hydrogen-bond donors (Lipinski definition) is 1. The normalized spacial score (nSPS) is 15.9. The van der Waals surface area contributed by atoms with E-state index in [1.165, 1.54) is 12.1 Å². The number of pyridine rings is 1. The molecular weight excluding hydrogens is 731 g/mol. The van der Waals surface area contributed by atoms with Gasteiger partial charge in [-0.1, -0.05) is 154 Å². The lowest BCUT2D eigenvalue weighted by Gasteiger charge is -2.22. The predicted molar refractivity (Wildman–Crippen MR) is 253 cm³/mol. The molecule has 0 fully saturated rings. The van der Waals surface area contributed by atoms with Crippen LogP contribution in [0.1, 0.15) is 118 Å². The van der Waals surface area contributed by atoms with Crippen molar-refractivity contribution in [3.63, 3.8) is 0 Å². The van der Waals surface area contributed by atoms with Crippen molar-refractivity contribution < 1.29 is 20.2 Å². The highest BCUT2D eigenvalue weighted by atomic mass is 16.3. The molecule has 60 heavy (non-hydrogen) atoms. The molecule has 1 N–H and O–H groups in total. The van der Waals surface area contributed by atoms with Gasteiger partial charge in [0.2, 0.25) is 0 Å². The molecule has 2 aromatic heterocycles. The lowest BCUT2D eigenvalue weighted by molar-refractivity contribution is 0.477. The van der Waals surface area contributed by atoms with E-state index in [4.69, 9.17) is 25.0 Å². The van der Waals surface area contributed by atoms with Gasteiger partial charge < -0.3 is 5.11 Å². The molecule has 0 amide bonds. The minimum absolute atomic E-state index is 0.0694. The van der Waals surface area contributed by atoms with Crippen LogP contribution in [0.5, 0.6) is 5.75 Å². The van der Waals surface area contributed by atoms with E-state index >= 15 is 0 Å². The molecule has 0 aliphatic heterocycles. The van der Waals surface area contributed by atoms with Crippen LogP contribution >= 0.6 is 0 Å². The van der Waals surface area contributed by atoms with Crippen LogP contribution < -0.4 is 0 Å². The maximum atomic E-state index is 11.3. The fraction of sp³-hybridized carbons (Fsp3) is 0.250. The summed E-state index contributed by atoms with van der Waals surface area (Å²) in [7, 11) is 0. The molecule has 0 saturated carbocycles. The molecule has 0 aliphatic carbocycles. The topological polar surface area (TPSA) is 50.9 Å². The largest absolute Gasteiger partial charge is 0.507 e. The summed E-state index contributed by atoms with van der Waals surface area (Å²) in [6.45, 7) is 3.71. The number of aromatic hydroxyl groups is 1. The molecule has 4 heteroatoms. The third-order valence-corrected chi connectivity index (χ3v) is 11.2. The number of fused-ring (bicyclic) bond motifs is 1. The monoisotopic (exact) mass is 799 g/mol. The Morgan fingerprint density at radius 3 is 1.87 bits per heavy atom. The van der Waals surface area contributed by atoms with Crippen molar-refractivity contribution in [3.8, 4) is 67.5 Å². The second-order valence-corrected chi connectivity index (χ2v) is 17.0. The van der Waals surface area contributed by atoms with Crippen molar-refractivity contribution >= 4 is 11.0 Å². The van der Waals surface area contributed by atoms with Gasteiger partial charge in [0.15, 0.2) is 0 Å². The van der Waals surface area contributed by atoms with E-state index in [9.17, 15) is 5.11 Å². The molecule has 2 heterocycles. The molecule has 0 unspecified atom stereocenters. The van der Waals surface area contributed by atoms with Crippen molar-refractivity contribution in [2.45, 2.75) is 91.6 Å². The van der Waals surface area contributed by atoms with Crippen LogP contribution in [-0.2, 0) is 10.8 Å². The summed E-state index contributed by atoms with van der Waals surface area (Å²) < 4.78 is 93.6. The van der Waals surface area contributed by atoms with E-state index in [1.54, 1.807) is 36.5 Å². The maximum absolute atomic E-state index is 11.3. The van der Waals surface area contributed by atoms with Gasteiger partial charge in [-0.2, -0.15) is 0 Å². The van der Waals surface area contributed by atoms with Gasteiger partial charge in [0.25, 0.3) is 0 Å². The van der Waals surface area contributed by atoms with Crippen molar-refractivity contribution in [3.05, 3.63) is 168 Å². The summed E-state index contributed by atoms with van der Waals surface area (Å²) in [5.41, 5.74) is 7.93. The standard InChI is InChI=1S/C56H57N3O/c1-35(2)45-16-13-17-46(36(3)4)52(45)38-23-27-44(28-24-38)59-50-19-14-18-47(53(50)58-54(59)48-15-11-12-20-51(48)60)40-31-41(33-43(32-40)56(8,9)10)49-34-39(29-30-57-49)37-21-25-42(26-22-37)55(5,6)7/h11-36,60H,1-10H3/i5D3,6D3,7D3,35D,36D. The van der Waals surface area contributed by atoms with E-state index in [0.29, 0.717) is 33.7 Å². The molecule has 0 atom stereocenters. The Morgan fingerprint density at radius 1 is 0.583 bits per heavy atom. The van der Waals surface area contributed by atoms with Crippen LogP contribution in [0, 0.1) is 0 Å². The first-order chi connectivity index (χ1) is 32.9. The number of para-hydroxylation sites is 2. The Morgan fingerprint density at radius 2 is 1.22 bits per heavy atom. The summed E-state index contributed by atoms with van der Waals surface area (Å²) in [5.74, 6) is -1.25. The minimum Gasteiger partial charge on any atom is -0.507 e. The molecule has 0 saturated heterocycles. The number of hydrogen-bond acceptors (Lipinski definition) is 3. The van der Waals surface area contributed by atoms with Crippen LogP contribution in [0.4, 0.5) is 0 Å². The second kappa shape index (κ2) is 15.7. The van der Waals surface area contributed by atoms with Crippen molar-refractivity contribution in [1.29, 1.82) is 0 Å². The summed E-state index contributed by atoms with van der Waals surface area (Å²) in [4.78, 5) is 10.1. The number of imidazole rings is 1. The Hall–Kier alpha value is -6.26. The molecule has 8 rings (SSSR count). The van der Waals surface area contributed by atoms with E-state index in [-0.39, 0.29) is 16.7 Å². The fourth-order valence-electron chi connectivity index (χ4n) is 7.96. The lowest BCUT2D eigenvalue weighted by Crippen LogP contribution is -2.11. The highest BCUT2D eigenvalue weighted by Crippen LogP contribution is 2.41. The number of aromatic nitrogens is 3. The molecular formula is C56H57N3O. The Bertz CT molecular complexity index is 3210. The van der Waals surface area contributed by atoms with Gasteiger partial charge in [0, 0.05) is 38.1 Å². The van der Waals surface area contributed by atoms with Gasteiger partial charge in [0.05, 0.1) is 22.3 Å². The molecule has 4 nitrogen and oxygen atoms in total. The van der Waals surface area contributed by atoms with E-state index in [1.807, 2.05) is 111 Å². The van der Waals surface area contributed by atoms with Crippen molar-refractivity contribution in [1.82, 2.24) is 14.5 Å². The van der Waals surface area contributed by atoms with Crippen LogP contribution in [-0.4, -0.2) is 19.6 Å². The molecule has 6 aromatic carbocycles. The average Bonchev–Trinajstić information content (AvgIpc) is 3.66. The van der Waals surface area contributed by atoms with E-state index in [2.05, 4.69) is 39.0 Å². The van der Waals surface area contributed by atoms with Gasteiger partial charge in [-0.25, -0.2) is 4.98 Å². The van der Waals surface area contributed by atoms with Gasteiger partial charge in [0.1, 0.15) is 11.6 Å². The first-order valence-corrected chi connectivity index (χ1v) is 20.2. The highest BCUT2D eigenvalue weighted by Gasteiger charge is 2.23. The third-order valence-electron chi connectivity index (χ3n) is 11.2. The zero-order valence-electron chi connectivity index (χ0n) is 46.1. The molecule has 0 spiro atoms. The van der Waals surface area contributed by atoms with Crippen LogP contribution in [0.3, 0.4) is 0 Å². The molecule has 0 aliphatic rings. The van der Waals surface area contributed by atoms with Gasteiger partial charge in [-0.3, -0.25) is 9.55 Å². The number of nitrogens with zero attached hydrogens (tertiary/aromatic N) is 3. The fourth-order valence-corrected chi connectivity index (χ4v) is 7.96. The van der Waals surface area contributed by atoms with Gasteiger partial charge in [-0.15, -0.1) is 0 Å². The molecule has 302 valence electrons. The smallest absolute Gasteiger partial charge is 0.149 e. The molecule has 0 radical (unpaired) electrons. The molecule has 0 bridgehead atoms. The van der Waals surface area contributed by atoms with Gasteiger partial charge in [-0.05, 0) is 127 Å². The maximum Gasteiger partial charge on any atom is 0.149 e. The number of phenols is 1. The number of rotatable bonds is 8. The molecule has 8 aromatic rings. The second-order valence-electron chi connectivity index (χ2n) is 17.0. The van der Waals surface area contributed by atoms with Crippen molar-refractivity contribution in [2.24, 2.45) is 0 Å². The third kappa shape index (κ3) is 7.79. The Kier molecular flexibility index (Phi) is 7.61.